The van der Waals surface area contributed by atoms with Crippen LogP contribution in [-0.2, 0) is 4.79 Å². The van der Waals surface area contributed by atoms with Crippen molar-refractivity contribution in [3.63, 3.8) is 0 Å². The van der Waals surface area contributed by atoms with Crippen molar-refractivity contribution in [1.82, 2.24) is 0 Å². The normalized spacial score (nSPS) is 11.2. The Bertz CT molecular complexity index is 2730. The fourth-order valence-corrected chi connectivity index (χ4v) is 10.5. The van der Waals surface area contributed by atoms with Crippen molar-refractivity contribution in [2.24, 2.45) is 0 Å². The first-order valence-corrected chi connectivity index (χ1v) is 21.7. The standard InChI is InChI=1S/C52H35N3O2S3/c53-35-38(52(56)57)33-45-29-30-47(58-45)48-31-32-49(59-48)50-34-46(36-21-25-43(26-22-36)54(39-13-5-1-6-14-39)40-15-7-2-8-16-40)51(60-50)37-23-27-44(28-24-37)55(41-17-9-3-10-18-41)42-19-11-4-12-20-42/h1-34H,(H,56,57)/b38-33+. The second kappa shape index (κ2) is 17.3. The van der Waals surface area contributed by atoms with Gasteiger partial charge in [-0.15, -0.1) is 34.0 Å². The molecule has 288 valence electrons. The van der Waals surface area contributed by atoms with Crippen molar-refractivity contribution in [1.29, 1.82) is 5.26 Å². The molecule has 3 heterocycles. The lowest BCUT2D eigenvalue weighted by Crippen LogP contribution is -2.09. The van der Waals surface area contributed by atoms with Crippen molar-refractivity contribution >= 4 is 80.2 Å². The topological polar surface area (TPSA) is 67.6 Å². The van der Waals surface area contributed by atoms with Gasteiger partial charge in [0, 0.05) is 69.0 Å². The highest BCUT2D eigenvalue weighted by molar-refractivity contribution is 7.27. The monoisotopic (exact) mass is 829 g/mol. The van der Waals surface area contributed by atoms with Gasteiger partial charge in [-0.2, -0.15) is 5.26 Å². The van der Waals surface area contributed by atoms with Crippen LogP contribution in [0.2, 0.25) is 0 Å². The number of carbonyl (C=O) groups is 1. The minimum Gasteiger partial charge on any atom is -0.477 e. The number of para-hydroxylation sites is 4. The Labute approximate surface area is 360 Å². The summed E-state index contributed by atoms with van der Waals surface area (Å²) >= 11 is 4.96. The van der Waals surface area contributed by atoms with E-state index in [1.54, 1.807) is 28.7 Å². The van der Waals surface area contributed by atoms with Crippen LogP contribution in [-0.4, -0.2) is 11.1 Å². The molecule has 6 aromatic carbocycles. The summed E-state index contributed by atoms with van der Waals surface area (Å²) in [5.41, 5.74) is 9.61. The average molecular weight is 830 g/mol. The number of hydrogen-bond acceptors (Lipinski definition) is 7. The molecule has 3 aromatic heterocycles. The van der Waals surface area contributed by atoms with Gasteiger partial charge < -0.3 is 14.9 Å². The molecule has 0 saturated heterocycles. The lowest BCUT2D eigenvalue weighted by molar-refractivity contribution is -0.132. The molecule has 9 rings (SSSR count). The first-order chi connectivity index (χ1) is 29.5. The van der Waals surface area contributed by atoms with Crippen molar-refractivity contribution in [2.45, 2.75) is 0 Å². The van der Waals surface area contributed by atoms with Crippen LogP contribution >= 0.6 is 34.0 Å². The average Bonchev–Trinajstić information content (AvgIpc) is 4.09. The molecule has 0 aliphatic rings. The lowest BCUT2D eigenvalue weighted by atomic mass is 10.0. The number of thiophene rings is 3. The third-order valence-corrected chi connectivity index (χ3v) is 13.7. The highest BCUT2D eigenvalue weighted by atomic mass is 32.1. The molecule has 0 aliphatic carbocycles. The summed E-state index contributed by atoms with van der Waals surface area (Å²) in [5.74, 6) is -1.23. The van der Waals surface area contributed by atoms with Gasteiger partial charge in [0.05, 0.1) is 0 Å². The highest BCUT2D eigenvalue weighted by Gasteiger charge is 2.19. The molecule has 0 spiro atoms. The predicted octanol–water partition coefficient (Wildman–Crippen LogP) is 15.5. The molecule has 8 heteroatoms. The summed E-state index contributed by atoms with van der Waals surface area (Å²) in [6.45, 7) is 0. The van der Waals surface area contributed by atoms with Crippen LogP contribution in [0.25, 0.3) is 47.2 Å². The summed E-state index contributed by atoms with van der Waals surface area (Å²) in [6, 6.07) is 71.7. The van der Waals surface area contributed by atoms with E-state index in [1.165, 1.54) is 22.3 Å². The van der Waals surface area contributed by atoms with Crippen LogP contribution in [0.4, 0.5) is 34.1 Å². The summed E-state index contributed by atoms with van der Waals surface area (Å²) in [5, 5.41) is 18.6. The van der Waals surface area contributed by atoms with Crippen LogP contribution in [0.5, 0.6) is 0 Å². The second-order valence-corrected chi connectivity index (χ2v) is 17.1. The second-order valence-electron chi connectivity index (χ2n) is 13.8. The van der Waals surface area contributed by atoms with Crippen LogP contribution in [0.3, 0.4) is 0 Å². The quantitative estimate of drug-likeness (QED) is 0.0981. The molecule has 0 fully saturated rings. The third-order valence-electron chi connectivity index (χ3n) is 9.97. The van der Waals surface area contributed by atoms with E-state index in [2.05, 4.69) is 174 Å². The first-order valence-electron chi connectivity index (χ1n) is 19.2. The number of aliphatic carboxylic acids is 1. The van der Waals surface area contributed by atoms with Crippen molar-refractivity contribution in [3.05, 3.63) is 211 Å². The molecule has 0 amide bonds. The van der Waals surface area contributed by atoms with E-state index < -0.39 is 5.97 Å². The number of nitrogens with zero attached hydrogens (tertiary/aromatic N) is 3. The molecular formula is C52H35N3O2S3. The predicted molar refractivity (Wildman–Crippen MR) is 252 cm³/mol. The number of hydrogen-bond donors (Lipinski definition) is 1. The van der Waals surface area contributed by atoms with Crippen LogP contribution in [0.15, 0.2) is 206 Å². The largest absolute Gasteiger partial charge is 0.477 e. The number of benzene rings is 6. The third kappa shape index (κ3) is 8.06. The molecule has 9 aromatic rings. The minimum absolute atomic E-state index is 0.282. The Hall–Kier alpha value is -7.28. The molecule has 0 radical (unpaired) electrons. The molecule has 0 aliphatic heterocycles. The number of nitriles is 1. The number of carboxylic acids is 1. The fourth-order valence-electron chi connectivity index (χ4n) is 7.15. The SMILES string of the molecule is N#C/C(=C\c1ccc(-c2ccc(-c3cc(-c4ccc(N(c5ccccc5)c5ccccc5)cc4)c(-c4ccc(N(c5ccccc5)c5ccccc5)cc4)s3)s2)s1)C(=O)O. The molecule has 0 atom stereocenters. The maximum Gasteiger partial charge on any atom is 0.346 e. The highest BCUT2D eigenvalue weighted by Crippen LogP contribution is 2.48. The summed E-state index contributed by atoms with van der Waals surface area (Å²) in [4.78, 5) is 22.3. The smallest absolute Gasteiger partial charge is 0.346 e. The van der Waals surface area contributed by atoms with Gasteiger partial charge in [0.25, 0.3) is 0 Å². The number of carboxylic acid groups (broad SMARTS) is 1. The van der Waals surface area contributed by atoms with E-state index in [0.717, 1.165) is 75.2 Å². The van der Waals surface area contributed by atoms with Gasteiger partial charge in [0.2, 0.25) is 0 Å². The Balaban J connectivity index is 1.11. The van der Waals surface area contributed by atoms with Gasteiger partial charge in [0.1, 0.15) is 11.6 Å². The fraction of sp³-hybridized carbons (Fsp3) is 0. The molecule has 5 nitrogen and oxygen atoms in total. The van der Waals surface area contributed by atoms with E-state index in [0.29, 0.717) is 0 Å². The molecule has 60 heavy (non-hydrogen) atoms. The molecule has 0 unspecified atom stereocenters. The first kappa shape index (κ1) is 38.2. The molecule has 0 saturated carbocycles. The maximum atomic E-state index is 11.4. The van der Waals surface area contributed by atoms with Gasteiger partial charge in [0.15, 0.2) is 0 Å². The van der Waals surface area contributed by atoms with Gasteiger partial charge in [-0.05, 0) is 120 Å². The van der Waals surface area contributed by atoms with Gasteiger partial charge in [-0.25, -0.2) is 4.79 Å². The maximum absolute atomic E-state index is 11.4. The minimum atomic E-state index is -1.23. The zero-order valence-corrected chi connectivity index (χ0v) is 34.5. The summed E-state index contributed by atoms with van der Waals surface area (Å²) in [6.07, 6.45) is 1.43. The Morgan fingerprint density at radius 3 is 1.32 bits per heavy atom. The van der Waals surface area contributed by atoms with Crippen LogP contribution in [0, 0.1) is 11.3 Å². The van der Waals surface area contributed by atoms with Crippen molar-refractivity contribution < 1.29 is 9.90 Å². The Kier molecular flexibility index (Phi) is 11.0. The van der Waals surface area contributed by atoms with E-state index >= 15 is 0 Å². The Morgan fingerprint density at radius 2 is 0.867 bits per heavy atom. The van der Waals surface area contributed by atoms with E-state index in [4.69, 9.17) is 0 Å². The number of anilines is 6. The summed E-state index contributed by atoms with van der Waals surface area (Å²) in [7, 11) is 0. The Morgan fingerprint density at radius 1 is 0.467 bits per heavy atom. The molecular weight excluding hydrogens is 795 g/mol. The van der Waals surface area contributed by atoms with Crippen molar-refractivity contribution in [2.75, 3.05) is 9.80 Å². The van der Waals surface area contributed by atoms with Crippen LogP contribution in [0.1, 0.15) is 4.88 Å². The number of rotatable bonds is 12. The van der Waals surface area contributed by atoms with Gasteiger partial charge in [-0.1, -0.05) is 97.1 Å². The zero-order chi connectivity index (χ0) is 40.8. The van der Waals surface area contributed by atoms with E-state index in [-0.39, 0.29) is 5.57 Å². The zero-order valence-electron chi connectivity index (χ0n) is 32.1. The molecule has 1 N–H and O–H groups in total. The van der Waals surface area contributed by atoms with Gasteiger partial charge >= 0.3 is 5.97 Å². The van der Waals surface area contributed by atoms with E-state index in [9.17, 15) is 15.2 Å². The van der Waals surface area contributed by atoms with Crippen molar-refractivity contribution in [3.8, 4) is 47.1 Å². The van der Waals surface area contributed by atoms with Gasteiger partial charge in [-0.3, -0.25) is 0 Å². The van der Waals surface area contributed by atoms with Crippen LogP contribution < -0.4 is 9.80 Å². The van der Waals surface area contributed by atoms with E-state index in [1.807, 2.05) is 36.4 Å². The molecule has 0 bridgehead atoms. The summed E-state index contributed by atoms with van der Waals surface area (Å²) < 4.78 is 0. The lowest BCUT2D eigenvalue weighted by Gasteiger charge is -2.25.